The molecule has 10 heteroatoms. The molecule has 1 fully saturated rings. The number of rotatable bonds is 4. The van der Waals surface area contributed by atoms with Crippen LogP contribution in [0.4, 0.5) is 17.5 Å². The number of anilines is 3. The minimum absolute atomic E-state index is 0.0895. The highest BCUT2D eigenvalue weighted by Gasteiger charge is 2.25. The topological polar surface area (TPSA) is 74.2 Å². The van der Waals surface area contributed by atoms with Crippen molar-refractivity contribution in [3.05, 3.63) is 56.6 Å². The summed E-state index contributed by atoms with van der Waals surface area (Å²) in [4.78, 5) is 29.6. The lowest BCUT2D eigenvalue weighted by Crippen LogP contribution is -2.49. The molecule has 1 N–H and O–H groups in total. The fourth-order valence-corrected chi connectivity index (χ4v) is 4.57. The van der Waals surface area contributed by atoms with E-state index in [1.165, 1.54) is 17.7 Å². The molecule has 3 aromatic heterocycles. The predicted molar refractivity (Wildman–Crippen MR) is 117 cm³/mol. The molecule has 150 valence electrons. The molecule has 0 bridgehead atoms. The number of halogens is 2. The van der Waals surface area contributed by atoms with Gasteiger partial charge in [0.15, 0.2) is 0 Å². The van der Waals surface area contributed by atoms with E-state index in [9.17, 15) is 4.79 Å². The summed E-state index contributed by atoms with van der Waals surface area (Å²) >= 11 is 13.3. The largest absolute Gasteiger partial charge is 0.353 e. The first-order chi connectivity index (χ1) is 14.0. The van der Waals surface area contributed by atoms with Crippen LogP contribution in [0, 0.1) is 6.92 Å². The fraction of sp³-hybridized carbons (Fsp3) is 0.263. The van der Waals surface area contributed by atoms with Gasteiger partial charge in [0.1, 0.15) is 28.1 Å². The van der Waals surface area contributed by atoms with Crippen LogP contribution in [0.25, 0.3) is 0 Å². The molecule has 1 amide bonds. The maximum Gasteiger partial charge on any atom is 0.256 e. The third-order valence-corrected chi connectivity index (χ3v) is 6.09. The molecule has 1 saturated heterocycles. The van der Waals surface area contributed by atoms with Gasteiger partial charge in [-0.15, -0.1) is 11.3 Å². The van der Waals surface area contributed by atoms with E-state index in [0.29, 0.717) is 46.2 Å². The minimum Gasteiger partial charge on any atom is -0.353 e. The summed E-state index contributed by atoms with van der Waals surface area (Å²) in [7, 11) is 0. The first kappa shape index (κ1) is 19.9. The quantitative estimate of drug-likeness (QED) is 0.642. The Hall–Kier alpha value is -2.42. The summed E-state index contributed by atoms with van der Waals surface area (Å²) in [6, 6.07) is 7.41. The maximum atomic E-state index is 12.7. The maximum absolute atomic E-state index is 12.7. The van der Waals surface area contributed by atoms with E-state index in [4.69, 9.17) is 23.2 Å². The molecule has 0 radical (unpaired) electrons. The lowest BCUT2D eigenvalue weighted by molar-refractivity contribution is 0.0747. The summed E-state index contributed by atoms with van der Waals surface area (Å²) in [5.41, 5.74) is 1.58. The molecule has 4 rings (SSSR count). The molecular weight excluding hydrogens is 431 g/mol. The summed E-state index contributed by atoms with van der Waals surface area (Å²) in [6.07, 6.45) is 3.28. The molecule has 1 aliphatic heterocycles. The number of amides is 1. The average molecular weight is 449 g/mol. The second kappa shape index (κ2) is 8.52. The van der Waals surface area contributed by atoms with Crippen molar-refractivity contribution >= 4 is 57.9 Å². The van der Waals surface area contributed by atoms with Crippen LogP contribution in [0.15, 0.2) is 36.8 Å². The molecule has 0 aliphatic carbocycles. The summed E-state index contributed by atoms with van der Waals surface area (Å²) in [6.45, 7) is 4.50. The van der Waals surface area contributed by atoms with Crippen LogP contribution >= 0.6 is 34.5 Å². The molecule has 0 unspecified atom stereocenters. The van der Waals surface area contributed by atoms with Gasteiger partial charge >= 0.3 is 0 Å². The van der Waals surface area contributed by atoms with E-state index in [1.807, 2.05) is 25.1 Å². The van der Waals surface area contributed by atoms with Crippen molar-refractivity contribution in [2.24, 2.45) is 0 Å². The van der Waals surface area contributed by atoms with E-state index in [-0.39, 0.29) is 5.91 Å². The zero-order valence-electron chi connectivity index (χ0n) is 15.6. The van der Waals surface area contributed by atoms with Crippen molar-refractivity contribution in [3.8, 4) is 0 Å². The number of nitrogens with one attached hydrogen (secondary N) is 1. The van der Waals surface area contributed by atoms with Crippen LogP contribution in [0.5, 0.6) is 0 Å². The third-order valence-electron chi connectivity index (χ3n) is 4.60. The Balaban J connectivity index is 1.41. The molecule has 1 aliphatic rings. The molecule has 0 saturated carbocycles. The van der Waals surface area contributed by atoms with Gasteiger partial charge in [0.2, 0.25) is 0 Å². The number of pyridine rings is 1. The standard InChI is InChI=1S/C19H18Cl2N6OS/c1-12-2-3-22-15(8-12)25-16-10-17(24-11-23-16)26-4-6-27(7-5-26)19(28)13-9-14(20)29-18(13)21/h2-3,8-11H,4-7H2,1H3,(H,22,23,24,25). The van der Waals surface area contributed by atoms with Crippen molar-refractivity contribution in [1.29, 1.82) is 0 Å². The van der Waals surface area contributed by atoms with Gasteiger partial charge in [-0.25, -0.2) is 15.0 Å². The second-order valence-corrected chi connectivity index (χ2v) is 8.91. The van der Waals surface area contributed by atoms with Crippen LogP contribution in [0.1, 0.15) is 15.9 Å². The summed E-state index contributed by atoms with van der Waals surface area (Å²) in [5.74, 6) is 2.12. The molecule has 0 atom stereocenters. The molecule has 4 heterocycles. The van der Waals surface area contributed by atoms with E-state index < -0.39 is 0 Å². The van der Waals surface area contributed by atoms with Gasteiger partial charge in [0, 0.05) is 38.4 Å². The van der Waals surface area contributed by atoms with Crippen molar-refractivity contribution in [1.82, 2.24) is 19.9 Å². The Labute approximate surface area is 182 Å². The number of aryl methyl sites for hydroxylation is 1. The Morgan fingerprint density at radius 3 is 2.52 bits per heavy atom. The number of hydrogen-bond donors (Lipinski definition) is 1. The number of aromatic nitrogens is 3. The first-order valence-corrected chi connectivity index (χ1v) is 10.6. The van der Waals surface area contributed by atoms with Gasteiger partial charge in [0.25, 0.3) is 5.91 Å². The number of thiophene rings is 1. The highest BCUT2D eigenvalue weighted by atomic mass is 35.5. The summed E-state index contributed by atoms with van der Waals surface area (Å²) in [5, 5.41) is 3.20. The molecule has 3 aromatic rings. The molecular formula is C19H18Cl2N6OS. The fourth-order valence-electron chi connectivity index (χ4n) is 3.12. The van der Waals surface area contributed by atoms with Gasteiger partial charge in [0.05, 0.1) is 9.90 Å². The van der Waals surface area contributed by atoms with Crippen molar-refractivity contribution in [3.63, 3.8) is 0 Å². The van der Waals surface area contributed by atoms with Crippen molar-refractivity contribution in [2.75, 3.05) is 36.4 Å². The van der Waals surface area contributed by atoms with Gasteiger partial charge in [-0.1, -0.05) is 23.2 Å². The zero-order valence-corrected chi connectivity index (χ0v) is 17.9. The highest BCUT2D eigenvalue weighted by Crippen LogP contribution is 2.32. The SMILES string of the molecule is Cc1ccnc(Nc2cc(N3CCN(C(=O)c4cc(Cl)sc4Cl)CC3)ncn2)c1. The molecule has 0 spiro atoms. The van der Waals surface area contributed by atoms with Crippen LogP contribution < -0.4 is 10.2 Å². The smallest absolute Gasteiger partial charge is 0.256 e. The lowest BCUT2D eigenvalue weighted by atomic mass is 10.2. The summed E-state index contributed by atoms with van der Waals surface area (Å²) < 4.78 is 0.944. The Morgan fingerprint density at radius 2 is 1.83 bits per heavy atom. The number of carbonyl (C=O) groups excluding carboxylic acids is 1. The molecule has 0 aromatic carbocycles. The van der Waals surface area contributed by atoms with E-state index in [0.717, 1.165) is 17.2 Å². The Morgan fingerprint density at radius 1 is 1.07 bits per heavy atom. The lowest BCUT2D eigenvalue weighted by Gasteiger charge is -2.35. The van der Waals surface area contributed by atoms with Crippen molar-refractivity contribution in [2.45, 2.75) is 6.92 Å². The average Bonchev–Trinajstić information content (AvgIpc) is 3.06. The van der Waals surface area contributed by atoms with Gasteiger partial charge in [-0.3, -0.25) is 4.79 Å². The van der Waals surface area contributed by atoms with Gasteiger partial charge < -0.3 is 15.1 Å². The van der Waals surface area contributed by atoms with Crippen LogP contribution in [-0.4, -0.2) is 51.9 Å². The monoisotopic (exact) mass is 448 g/mol. The second-order valence-electron chi connectivity index (χ2n) is 6.62. The van der Waals surface area contributed by atoms with Crippen LogP contribution in [0.2, 0.25) is 8.67 Å². The van der Waals surface area contributed by atoms with E-state index in [2.05, 4.69) is 25.2 Å². The highest BCUT2D eigenvalue weighted by molar-refractivity contribution is 7.20. The number of nitrogens with zero attached hydrogens (tertiary/aromatic N) is 5. The third kappa shape index (κ3) is 4.60. The predicted octanol–water partition coefficient (Wildman–Crippen LogP) is 4.25. The van der Waals surface area contributed by atoms with E-state index in [1.54, 1.807) is 17.2 Å². The normalized spacial score (nSPS) is 14.2. The first-order valence-electron chi connectivity index (χ1n) is 9.00. The minimum atomic E-state index is -0.0895. The number of carbonyl (C=O) groups is 1. The van der Waals surface area contributed by atoms with Gasteiger partial charge in [-0.2, -0.15) is 0 Å². The van der Waals surface area contributed by atoms with Crippen LogP contribution in [0.3, 0.4) is 0 Å². The van der Waals surface area contributed by atoms with Crippen LogP contribution in [-0.2, 0) is 0 Å². The van der Waals surface area contributed by atoms with E-state index >= 15 is 0 Å². The molecule has 29 heavy (non-hydrogen) atoms. The Bertz CT molecular complexity index is 1040. The molecule has 7 nitrogen and oxygen atoms in total. The van der Waals surface area contributed by atoms with Gasteiger partial charge in [-0.05, 0) is 30.7 Å². The van der Waals surface area contributed by atoms with Crippen molar-refractivity contribution < 1.29 is 4.79 Å². The Kier molecular flexibility index (Phi) is 5.84. The number of piperazine rings is 1. The number of hydrogen-bond acceptors (Lipinski definition) is 7. The zero-order chi connectivity index (χ0) is 20.4.